The molecule has 0 atom stereocenters. The lowest BCUT2D eigenvalue weighted by molar-refractivity contribution is -0.138. The van der Waals surface area contributed by atoms with Crippen LogP contribution in [0.1, 0.15) is 6.92 Å². The maximum Gasteiger partial charge on any atom is 0.350 e. The first kappa shape index (κ1) is 15.3. The van der Waals surface area contributed by atoms with Crippen LogP contribution < -0.4 is 10.1 Å². The second kappa shape index (κ2) is 8.38. The molecule has 5 heteroatoms. The Hall–Kier alpha value is -2.74. The van der Waals surface area contributed by atoms with Crippen molar-refractivity contribution in [1.29, 1.82) is 5.26 Å². The highest BCUT2D eigenvalue weighted by Crippen LogP contribution is 2.23. The smallest absolute Gasteiger partial charge is 0.350 e. The first-order valence-electron chi connectivity index (χ1n) is 6.09. The molecule has 0 bridgehead atoms. The number of rotatable bonds is 7. The zero-order valence-electron chi connectivity index (χ0n) is 11.3. The van der Waals surface area contributed by atoms with E-state index in [0.29, 0.717) is 18.0 Å². The monoisotopic (exact) mass is 272 g/mol. The average Bonchev–Trinajstić information content (AvgIpc) is 2.47. The van der Waals surface area contributed by atoms with Gasteiger partial charge < -0.3 is 14.8 Å². The summed E-state index contributed by atoms with van der Waals surface area (Å²) in [6, 6.07) is 8.97. The molecule has 1 aromatic rings. The van der Waals surface area contributed by atoms with Gasteiger partial charge >= 0.3 is 5.97 Å². The van der Waals surface area contributed by atoms with Gasteiger partial charge in [0.05, 0.1) is 12.3 Å². The van der Waals surface area contributed by atoms with Gasteiger partial charge in [-0.05, 0) is 19.1 Å². The number of para-hydroxylation sites is 2. The maximum absolute atomic E-state index is 11.5. The third-order valence-corrected chi connectivity index (χ3v) is 2.23. The lowest BCUT2D eigenvalue weighted by Crippen LogP contribution is -2.08. The quantitative estimate of drug-likeness (QED) is 0.357. The molecular weight excluding hydrogens is 256 g/mol. The Bertz CT molecular complexity index is 544. The second-order valence-corrected chi connectivity index (χ2v) is 3.63. The van der Waals surface area contributed by atoms with E-state index in [1.807, 2.05) is 12.1 Å². The summed E-state index contributed by atoms with van der Waals surface area (Å²) >= 11 is 0. The molecule has 1 rings (SSSR count). The van der Waals surface area contributed by atoms with Crippen molar-refractivity contribution in [1.82, 2.24) is 0 Å². The van der Waals surface area contributed by atoms with E-state index in [2.05, 4.69) is 11.9 Å². The van der Waals surface area contributed by atoms with Crippen molar-refractivity contribution in [3.8, 4) is 11.8 Å². The van der Waals surface area contributed by atoms with E-state index < -0.39 is 5.97 Å². The fourth-order valence-electron chi connectivity index (χ4n) is 1.36. The van der Waals surface area contributed by atoms with Gasteiger partial charge in [0, 0.05) is 6.20 Å². The van der Waals surface area contributed by atoms with Crippen LogP contribution in [-0.2, 0) is 9.53 Å². The lowest BCUT2D eigenvalue weighted by Gasteiger charge is -2.09. The molecule has 5 nitrogen and oxygen atoms in total. The van der Waals surface area contributed by atoms with Gasteiger partial charge in [-0.15, -0.1) is 0 Å². The topological polar surface area (TPSA) is 71.3 Å². The fraction of sp³-hybridized carbons (Fsp3) is 0.200. The van der Waals surface area contributed by atoms with Crippen LogP contribution in [0, 0.1) is 11.3 Å². The van der Waals surface area contributed by atoms with Crippen molar-refractivity contribution in [2.75, 3.05) is 18.5 Å². The Labute approximate surface area is 118 Å². The molecule has 0 fully saturated rings. The van der Waals surface area contributed by atoms with Crippen LogP contribution in [-0.4, -0.2) is 19.2 Å². The van der Waals surface area contributed by atoms with Gasteiger partial charge in [-0.3, -0.25) is 0 Å². The molecule has 1 aromatic carbocycles. The van der Waals surface area contributed by atoms with Crippen molar-refractivity contribution in [2.24, 2.45) is 0 Å². The van der Waals surface area contributed by atoms with Crippen LogP contribution in [0.25, 0.3) is 0 Å². The normalized spacial score (nSPS) is 10.3. The van der Waals surface area contributed by atoms with Crippen molar-refractivity contribution >= 4 is 11.7 Å². The van der Waals surface area contributed by atoms with E-state index in [1.54, 1.807) is 31.2 Å². The first-order chi connectivity index (χ1) is 9.72. The summed E-state index contributed by atoms with van der Waals surface area (Å²) in [7, 11) is 0. The molecule has 0 aromatic heterocycles. The number of benzene rings is 1. The summed E-state index contributed by atoms with van der Waals surface area (Å²) in [5, 5.41) is 11.8. The van der Waals surface area contributed by atoms with Crippen LogP contribution in [0.4, 0.5) is 5.69 Å². The fourth-order valence-corrected chi connectivity index (χ4v) is 1.36. The Morgan fingerprint density at radius 3 is 2.90 bits per heavy atom. The molecule has 0 heterocycles. The van der Waals surface area contributed by atoms with Crippen molar-refractivity contribution in [3.05, 3.63) is 48.7 Å². The van der Waals surface area contributed by atoms with Crippen LogP contribution >= 0.6 is 0 Å². The van der Waals surface area contributed by atoms with Crippen molar-refractivity contribution in [3.63, 3.8) is 0 Å². The number of nitrogens with zero attached hydrogens (tertiary/aromatic N) is 1. The predicted octanol–water partition coefficient (Wildman–Crippen LogP) is 2.63. The maximum atomic E-state index is 11.5. The highest BCUT2D eigenvalue weighted by molar-refractivity contribution is 5.93. The number of anilines is 1. The number of hydrogen-bond acceptors (Lipinski definition) is 5. The summed E-state index contributed by atoms with van der Waals surface area (Å²) in [6.45, 7) is 5.84. The molecule has 20 heavy (non-hydrogen) atoms. The Morgan fingerprint density at radius 2 is 2.25 bits per heavy atom. The predicted molar refractivity (Wildman–Crippen MR) is 76.1 cm³/mol. The minimum absolute atomic E-state index is 0.106. The Kier molecular flexibility index (Phi) is 6.42. The summed E-state index contributed by atoms with van der Waals surface area (Å²) in [5.74, 6) is -0.0585. The van der Waals surface area contributed by atoms with Gasteiger partial charge in [0.1, 0.15) is 18.4 Å². The summed E-state index contributed by atoms with van der Waals surface area (Å²) in [4.78, 5) is 11.5. The number of carbonyl (C=O) groups excluding carboxylic acids is 1. The molecule has 0 saturated carbocycles. The Morgan fingerprint density at radius 1 is 1.50 bits per heavy atom. The lowest BCUT2D eigenvalue weighted by atomic mass is 10.2. The highest BCUT2D eigenvalue weighted by Gasteiger charge is 2.09. The molecule has 0 saturated heterocycles. The Balaban J connectivity index is 2.84. The molecule has 104 valence electrons. The molecule has 0 unspecified atom stereocenters. The molecule has 0 aliphatic carbocycles. The average molecular weight is 272 g/mol. The number of nitrogens with one attached hydrogen (secondary N) is 1. The van der Waals surface area contributed by atoms with Crippen LogP contribution in [0.2, 0.25) is 0 Å². The first-order valence-corrected chi connectivity index (χ1v) is 6.09. The summed E-state index contributed by atoms with van der Waals surface area (Å²) < 4.78 is 10.2. The molecule has 0 spiro atoms. The van der Waals surface area contributed by atoms with Gasteiger partial charge in [-0.1, -0.05) is 24.8 Å². The highest BCUT2D eigenvalue weighted by atomic mass is 16.5. The van der Waals surface area contributed by atoms with Gasteiger partial charge in [-0.25, -0.2) is 4.79 Å². The van der Waals surface area contributed by atoms with E-state index in [-0.39, 0.29) is 12.2 Å². The minimum atomic E-state index is -0.660. The van der Waals surface area contributed by atoms with Crippen LogP contribution in [0.5, 0.6) is 5.75 Å². The van der Waals surface area contributed by atoms with E-state index in [0.717, 1.165) is 0 Å². The van der Waals surface area contributed by atoms with E-state index in [4.69, 9.17) is 14.7 Å². The number of carbonyl (C=O) groups is 1. The second-order valence-electron chi connectivity index (χ2n) is 3.63. The molecule has 0 radical (unpaired) electrons. The van der Waals surface area contributed by atoms with Gasteiger partial charge in [0.15, 0.2) is 5.57 Å². The van der Waals surface area contributed by atoms with E-state index in [9.17, 15) is 4.79 Å². The minimum Gasteiger partial charge on any atom is -0.487 e. The van der Waals surface area contributed by atoms with E-state index >= 15 is 0 Å². The zero-order chi connectivity index (χ0) is 14.8. The van der Waals surface area contributed by atoms with Crippen LogP contribution in [0.3, 0.4) is 0 Å². The molecule has 1 N–H and O–H groups in total. The van der Waals surface area contributed by atoms with Crippen molar-refractivity contribution in [2.45, 2.75) is 6.92 Å². The third kappa shape index (κ3) is 4.50. The summed E-state index contributed by atoms with van der Waals surface area (Å²) in [6.07, 6.45) is 2.93. The molecular formula is C15H16N2O3. The summed E-state index contributed by atoms with van der Waals surface area (Å²) in [5.41, 5.74) is 0.539. The third-order valence-electron chi connectivity index (χ3n) is 2.23. The van der Waals surface area contributed by atoms with Crippen LogP contribution in [0.15, 0.2) is 48.7 Å². The van der Waals surface area contributed by atoms with Gasteiger partial charge in [0.2, 0.25) is 0 Å². The van der Waals surface area contributed by atoms with Gasteiger partial charge in [-0.2, -0.15) is 5.26 Å². The van der Waals surface area contributed by atoms with Gasteiger partial charge in [0.25, 0.3) is 0 Å². The largest absolute Gasteiger partial charge is 0.487 e. The molecule has 0 aliphatic rings. The van der Waals surface area contributed by atoms with Crippen molar-refractivity contribution < 1.29 is 14.3 Å². The number of nitriles is 1. The molecule has 0 amide bonds. The standard InChI is InChI=1S/C15H16N2O3/c1-3-9-20-14-8-6-5-7-13(14)17-11-12(10-16)15(18)19-4-2/h3,5-8,11,17H,1,4,9H2,2H3/b12-11+. The number of esters is 1. The van der Waals surface area contributed by atoms with E-state index in [1.165, 1.54) is 6.20 Å². The SMILES string of the molecule is C=CCOc1ccccc1N/C=C(\C#N)C(=O)OCC. The number of ether oxygens (including phenoxy) is 2. The number of hydrogen-bond donors (Lipinski definition) is 1. The zero-order valence-corrected chi connectivity index (χ0v) is 11.3. The molecule has 0 aliphatic heterocycles.